The summed E-state index contributed by atoms with van der Waals surface area (Å²) in [5.41, 5.74) is -0.886. The van der Waals surface area contributed by atoms with Crippen LogP contribution in [0, 0.1) is 11.7 Å². The van der Waals surface area contributed by atoms with Crippen LogP contribution in [0.5, 0.6) is 0 Å². The van der Waals surface area contributed by atoms with Crippen molar-refractivity contribution in [3.63, 3.8) is 0 Å². The highest BCUT2D eigenvalue weighted by molar-refractivity contribution is 5.93. The van der Waals surface area contributed by atoms with Gasteiger partial charge in [-0.3, -0.25) is 14.6 Å². The minimum atomic E-state index is -1.01. The molecule has 0 aromatic carbocycles. The average Bonchev–Trinajstić information content (AvgIpc) is 2.75. The number of carbonyl (C=O) groups excluding carboxylic acids is 1. The van der Waals surface area contributed by atoms with Crippen LogP contribution in [0.3, 0.4) is 0 Å². The number of aromatic amines is 1. The van der Waals surface area contributed by atoms with Crippen molar-refractivity contribution in [2.45, 2.75) is 44.6 Å². The van der Waals surface area contributed by atoms with Crippen LogP contribution in [0.25, 0.3) is 10.9 Å². The molecule has 1 unspecified atom stereocenters. The molecule has 8 nitrogen and oxygen atoms in total. The van der Waals surface area contributed by atoms with Gasteiger partial charge in [0.05, 0.1) is 23.3 Å². The van der Waals surface area contributed by atoms with Gasteiger partial charge in [0.1, 0.15) is 17.7 Å². The number of halogens is 1. The highest BCUT2D eigenvalue weighted by atomic mass is 19.1. The molecule has 1 fully saturated rings. The molecule has 4 rings (SSSR count). The van der Waals surface area contributed by atoms with Gasteiger partial charge < -0.3 is 10.3 Å². The maximum absolute atomic E-state index is 13.1. The van der Waals surface area contributed by atoms with E-state index in [1.807, 2.05) is 0 Å². The largest absolute Gasteiger partial charge is 0.329 e. The van der Waals surface area contributed by atoms with Crippen molar-refractivity contribution in [3.8, 4) is 0 Å². The van der Waals surface area contributed by atoms with Crippen LogP contribution in [0.15, 0.2) is 46.4 Å². The maximum Gasteiger partial charge on any atom is 0.329 e. The van der Waals surface area contributed by atoms with E-state index in [-0.39, 0.29) is 17.1 Å². The minimum Gasteiger partial charge on any atom is -0.309 e. The molecule has 1 saturated carbocycles. The van der Waals surface area contributed by atoms with Gasteiger partial charge in [0.15, 0.2) is 0 Å². The quantitative estimate of drug-likeness (QED) is 0.671. The summed E-state index contributed by atoms with van der Waals surface area (Å²) in [6.07, 6.45) is 9.40. The first-order chi connectivity index (χ1) is 14.5. The Labute approximate surface area is 171 Å². The van der Waals surface area contributed by atoms with Gasteiger partial charge in [-0.2, -0.15) is 0 Å². The summed E-state index contributed by atoms with van der Waals surface area (Å²) in [5, 5.41) is 2.90. The summed E-state index contributed by atoms with van der Waals surface area (Å²) in [5.74, 6) is -0.664. The Balaban J connectivity index is 1.74. The topological polar surface area (TPSA) is 110 Å². The van der Waals surface area contributed by atoms with E-state index in [0.717, 1.165) is 42.9 Å². The van der Waals surface area contributed by atoms with Crippen molar-refractivity contribution in [1.82, 2.24) is 19.5 Å². The van der Waals surface area contributed by atoms with Crippen LogP contribution in [-0.2, 0) is 4.79 Å². The second-order valence-corrected chi connectivity index (χ2v) is 7.63. The fraction of sp³-hybridized carbons (Fsp3) is 0.381. The van der Waals surface area contributed by atoms with Gasteiger partial charge in [0, 0.05) is 6.20 Å². The summed E-state index contributed by atoms with van der Waals surface area (Å²) >= 11 is 0. The normalized spacial score (nSPS) is 15.8. The molecule has 1 amide bonds. The molecule has 30 heavy (non-hydrogen) atoms. The lowest BCUT2D eigenvalue weighted by Gasteiger charge is -2.26. The molecule has 156 valence electrons. The zero-order valence-corrected chi connectivity index (χ0v) is 16.3. The summed E-state index contributed by atoms with van der Waals surface area (Å²) in [4.78, 5) is 49.4. The van der Waals surface area contributed by atoms with Gasteiger partial charge in [-0.25, -0.2) is 18.7 Å². The molecule has 2 N–H and O–H groups in total. The number of H-pyrrole nitrogens is 1. The molecule has 0 spiro atoms. The van der Waals surface area contributed by atoms with Gasteiger partial charge in [-0.15, -0.1) is 0 Å². The fourth-order valence-corrected chi connectivity index (χ4v) is 4.09. The Hall–Kier alpha value is -3.36. The lowest BCUT2D eigenvalue weighted by Crippen LogP contribution is -2.43. The molecule has 1 atom stereocenters. The molecule has 0 radical (unpaired) electrons. The Morgan fingerprint density at radius 2 is 2.00 bits per heavy atom. The first-order valence-electron chi connectivity index (χ1n) is 10.0. The number of nitrogens with zero attached hydrogens (tertiary/aromatic N) is 3. The molecule has 3 aromatic rings. The van der Waals surface area contributed by atoms with Crippen molar-refractivity contribution >= 4 is 22.6 Å². The molecule has 1 aliphatic rings. The van der Waals surface area contributed by atoms with Gasteiger partial charge in [0.25, 0.3) is 5.56 Å². The van der Waals surface area contributed by atoms with Crippen LogP contribution in [-0.4, -0.2) is 25.4 Å². The van der Waals surface area contributed by atoms with Gasteiger partial charge in [0.2, 0.25) is 5.91 Å². The predicted octanol–water partition coefficient (Wildman–Crippen LogP) is 2.77. The van der Waals surface area contributed by atoms with E-state index >= 15 is 0 Å². The van der Waals surface area contributed by atoms with E-state index in [4.69, 9.17) is 0 Å². The number of amides is 1. The number of anilines is 1. The van der Waals surface area contributed by atoms with Crippen LogP contribution >= 0.6 is 0 Å². The molecule has 9 heteroatoms. The lowest BCUT2D eigenvalue weighted by atomic mass is 9.84. The summed E-state index contributed by atoms with van der Waals surface area (Å²) in [6, 6.07) is 3.03. The van der Waals surface area contributed by atoms with Gasteiger partial charge in [-0.05, 0) is 30.5 Å². The zero-order valence-electron chi connectivity index (χ0n) is 16.3. The zero-order chi connectivity index (χ0) is 21.1. The number of aromatic nitrogens is 4. The summed E-state index contributed by atoms with van der Waals surface area (Å²) in [6.45, 7) is 0. The number of hydrogen-bond donors (Lipinski definition) is 2. The standard InChI is InChI=1S/C21H22FN5O3/c22-14-6-7-18(24-11-14)26-19(28)17(10-13-4-2-1-3-5-13)27-20(29)15-8-9-23-12-16(15)25-21(27)30/h6-9,11-13,17H,1-5,10H2,(H,25,30)(H,24,26,28). The average molecular weight is 411 g/mol. The second-order valence-electron chi connectivity index (χ2n) is 7.63. The van der Waals surface area contributed by atoms with Crippen molar-refractivity contribution in [1.29, 1.82) is 0 Å². The van der Waals surface area contributed by atoms with E-state index in [0.29, 0.717) is 11.9 Å². The fourth-order valence-electron chi connectivity index (χ4n) is 4.09. The Morgan fingerprint density at radius 3 is 2.73 bits per heavy atom. The third-order valence-corrected chi connectivity index (χ3v) is 5.61. The van der Waals surface area contributed by atoms with E-state index in [9.17, 15) is 18.8 Å². The van der Waals surface area contributed by atoms with Crippen molar-refractivity contribution < 1.29 is 9.18 Å². The van der Waals surface area contributed by atoms with Crippen molar-refractivity contribution in [3.05, 3.63) is 63.4 Å². The van der Waals surface area contributed by atoms with E-state index in [2.05, 4.69) is 20.3 Å². The third kappa shape index (κ3) is 4.14. The van der Waals surface area contributed by atoms with Crippen LogP contribution in [0.4, 0.5) is 10.2 Å². The number of nitrogens with one attached hydrogen (secondary N) is 2. The summed E-state index contributed by atoms with van der Waals surface area (Å²) in [7, 11) is 0. The smallest absolute Gasteiger partial charge is 0.309 e. The van der Waals surface area contributed by atoms with E-state index < -0.39 is 29.0 Å². The first kappa shape index (κ1) is 19.9. The molecule has 3 aromatic heterocycles. The molecule has 3 heterocycles. The SMILES string of the molecule is O=C(Nc1ccc(F)cn1)C(CC1CCCCC1)n1c(=O)[nH]c2cnccc2c1=O. The van der Waals surface area contributed by atoms with Gasteiger partial charge in [-0.1, -0.05) is 32.1 Å². The lowest BCUT2D eigenvalue weighted by molar-refractivity contribution is -0.120. The number of hydrogen-bond acceptors (Lipinski definition) is 5. The summed E-state index contributed by atoms with van der Waals surface area (Å²) < 4.78 is 14.1. The van der Waals surface area contributed by atoms with E-state index in [1.54, 1.807) is 0 Å². The molecular formula is C21H22FN5O3. The molecule has 0 saturated heterocycles. The Morgan fingerprint density at radius 1 is 1.20 bits per heavy atom. The van der Waals surface area contributed by atoms with Gasteiger partial charge >= 0.3 is 5.69 Å². The highest BCUT2D eigenvalue weighted by Crippen LogP contribution is 2.30. The van der Waals surface area contributed by atoms with Crippen LogP contribution < -0.4 is 16.6 Å². The first-order valence-corrected chi connectivity index (χ1v) is 10.0. The number of rotatable bonds is 5. The molecule has 1 aliphatic carbocycles. The highest BCUT2D eigenvalue weighted by Gasteiger charge is 2.29. The van der Waals surface area contributed by atoms with E-state index in [1.165, 1.54) is 30.6 Å². The van der Waals surface area contributed by atoms with Crippen molar-refractivity contribution in [2.75, 3.05) is 5.32 Å². The van der Waals surface area contributed by atoms with Crippen LogP contribution in [0.1, 0.15) is 44.6 Å². The van der Waals surface area contributed by atoms with Crippen LogP contribution in [0.2, 0.25) is 0 Å². The maximum atomic E-state index is 13.1. The van der Waals surface area contributed by atoms with Crippen molar-refractivity contribution in [2.24, 2.45) is 5.92 Å². The Kier molecular flexibility index (Phi) is 5.69. The minimum absolute atomic E-state index is 0.157. The number of carbonyl (C=O) groups is 1. The third-order valence-electron chi connectivity index (χ3n) is 5.61. The predicted molar refractivity (Wildman–Crippen MR) is 110 cm³/mol. The Bertz CT molecular complexity index is 1170. The number of fused-ring (bicyclic) bond motifs is 1. The number of pyridine rings is 2. The molecular weight excluding hydrogens is 389 g/mol. The second kappa shape index (κ2) is 8.56. The molecule has 0 aliphatic heterocycles. The molecule has 0 bridgehead atoms. The monoisotopic (exact) mass is 411 g/mol.